The molecule has 3 rings (SSSR count). The largest absolute Gasteiger partial charge is 0.261 e. The molecule has 1 aliphatic carbocycles. The van der Waals surface area contributed by atoms with Crippen LogP contribution in [0.2, 0.25) is 0 Å². The van der Waals surface area contributed by atoms with Crippen molar-refractivity contribution in [2.24, 2.45) is 11.8 Å². The third-order valence-electron chi connectivity index (χ3n) is 8.23. The first-order valence-electron chi connectivity index (χ1n) is 13.3. The number of rotatable bonds is 8. The summed E-state index contributed by atoms with van der Waals surface area (Å²) in [6.07, 6.45) is 5.53. The molecule has 4 unspecified atom stereocenters. The Hall–Kier alpha value is -0.740. The number of hydrogen-bond acceptors (Lipinski definition) is 1. The Balaban J connectivity index is 1.97. The van der Waals surface area contributed by atoms with Gasteiger partial charge in [0.15, 0.2) is 0 Å². The third-order valence-corrected chi connectivity index (χ3v) is 11.7. The van der Waals surface area contributed by atoms with Crippen LogP contribution in [-0.2, 0) is 10.3 Å². The molecule has 4 atom stereocenters. The van der Waals surface area contributed by atoms with E-state index in [2.05, 4.69) is 110 Å². The minimum absolute atomic E-state index is 0.143. The maximum atomic E-state index is 2.97. The maximum absolute atomic E-state index is 2.97. The summed E-state index contributed by atoms with van der Waals surface area (Å²) >= 11 is 0. The fraction of sp³-hybridized carbons (Fsp3) is 0.613. The van der Waals surface area contributed by atoms with Gasteiger partial charge in [0.05, 0.1) is 0 Å². The van der Waals surface area contributed by atoms with Gasteiger partial charge in [0.2, 0.25) is 0 Å². The van der Waals surface area contributed by atoms with Gasteiger partial charge in [-0.2, -0.15) is 0 Å². The highest BCUT2D eigenvalue weighted by atomic mass is 31.1. The zero-order chi connectivity index (χ0) is 25.3. The van der Waals surface area contributed by atoms with Gasteiger partial charge < -0.3 is 0 Å². The predicted octanol–water partition coefficient (Wildman–Crippen LogP) is 9.79. The predicted molar refractivity (Wildman–Crippen MR) is 157 cm³/mol. The van der Waals surface area contributed by atoms with Gasteiger partial charge >= 0.3 is 0 Å². The smallest absolute Gasteiger partial charge is 0.0206 e. The van der Waals surface area contributed by atoms with E-state index >= 15 is 0 Å². The second kappa shape index (κ2) is 11.1. The highest BCUT2D eigenvalue weighted by Gasteiger charge is 2.38. The Labute approximate surface area is 214 Å². The lowest BCUT2D eigenvalue weighted by atomic mass is 9.78. The van der Waals surface area contributed by atoms with Crippen molar-refractivity contribution in [2.75, 3.05) is 0 Å². The monoisotopic (exact) mass is 497 g/mol. The molecule has 0 N–H and O–H groups in total. The van der Waals surface area contributed by atoms with Crippen molar-refractivity contribution in [3.63, 3.8) is 0 Å². The summed E-state index contributed by atoms with van der Waals surface area (Å²) in [6.45, 7) is 23.8. The van der Waals surface area contributed by atoms with Crippen molar-refractivity contribution in [1.82, 2.24) is 4.44 Å². The Bertz CT molecular complexity index is 910. The maximum Gasteiger partial charge on any atom is 0.0206 e. The molecule has 2 aromatic carbocycles. The fourth-order valence-corrected chi connectivity index (χ4v) is 10.1. The first-order valence-corrected chi connectivity index (χ1v) is 15.2. The van der Waals surface area contributed by atoms with Gasteiger partial charge in [-0.25, -0.2) is 0 Å². The van der Waals surface area contributed by atoms with E-state index in [1.807, 2.05) is 0 Å². The van der Waals surface area contributed by atoms with E-state index in [-0.39, 0.29) is 10.3 Å². The molecular weight excluding hydrogens is 448 g/mol. The second-order valence-corrected chi connectivity index (χ2v) is 16.6. The molecule has 1 aliphatic rings. The van der Waals surface area contributed by atoms with Gasteiger partial charge in [-0.1, -0.05) is 90.8 Å². The minimum Gasteiger partial charge on any atom is -0.261 e. The Kier molecular flexibility index (Phi) is 9.10. The van der Waals surface area contributed by atoms with E-state index in [0.29, 0.717) is 6.04 Å². The molecule has 3 heteroatoms. The van der Waals surface area contributed by atoms with Gasteiger partial charge in [-0.3, -0.25) is 4.44 Å². The van der Waals surface area contributed by atoms with Crippen LogP contribution >= 0.6 is 17.5 Å². The van der Waals surface area contributed by atoms with Crippen LogP contribution in [0.3, 0.4) is 0 Å². The molecule has 1 saturated carbocycles. The zero-order valence-corrected chi connectivity index (χ0v) is 25.5. The third kappa shape index (κ3) is 6.52. The first kappa shape index (κ1) is 27.8. The van der Waals surface area contributed by atoms with Gasteiger partial charge in [0.1, 0.15) is 0 Å². The van der Waals surface area contributed by atoms with Crippen LogP contribution in [0.5, 0.6) is 0 Å². The van der Waals surface area contributed by atoms with Crippen molar-refractivity contribution in [3.8, 4) is 0 Å². The summed E-state index contributed by atoms with van der Waals surface area (Å²) in [5, 5.41) is 0.285. The van der Waals surface area contributed by atoms with E-state index in [1.54, 1.807) is 0 Å². The molecule has 188 valence electrons. The average Bonchev–Trinajstić information content (AvgIpc) is 2.76. The molecule has 1 fully saturated rings. The lowest BCUT2D eigenvalue weighted by Crippen LogP contribution is -2.39. The van der Waals surface area contributed by atoms with E-state index in [9.17, 15) is 0 Å². The molecule has 0 saturated heterocycles. The van der Waals surface area contributed by atoms with Crippen LogP contribution in [0.25, 0.3) is 0 Å². The van der Waals surface area contributed by atoms with E-state index in [0.717, 1.165) is 29.3 Å². The number of hydrogen-bond donors (Lipinski definition) is 0. The Morgan fingerprint density at radius 1 is 0.706 bits per heavy atom. The van der Waals surface area contributed by atoms with Gasteiger partial charge in [0.25, 0.3) is 0 Å². The SMILES string of the molecule is Cc1ccc(C(C)(C)PN(PC(C)(C)c2ccc(C)c(C)c2)C2CCCCC2C(C)C)cc1C. The molecule has 34 heavy (non-hydrogen) atoms. The highest BCUT2D eigenvalue weighted by Crippen LogP contribution is 2.58. The molecule has 0 amide bonds. The van der Waals surface area contributed by atoms with Crippen LogP contribution in [0.1, 0.15) is 101 Å². The highest BCUT2D eigenvalue weighted by molar-refractivity contribution is 7.52. The van der Waals surface area contributed by atoms with Crippen LogP contribution in [0.4, 0.5) is 0 Å². The fourth-order valence-electron chi connectivity index (χ4n) is 5.42. The zero-order valence-electron chi connectivity index (χ0n) is 23.5. The van der Waals surface area contributed by atoms with Crippen molar-refractivity contribution in [1.29, 1.82) is 0 Å². The summed E-state index contributed by atoms with van der Waals surface area (Å²) in [5.41, 5.74) is 8.60. The van der Waals surface area contributed by atoms with Crippen molar-refractivity contribution >= 4 is 17.5 Å². The van der Waals surface area contributed by atoms with Crippen LogP contribution in [0.15, 0.2) is 36.4 Å². The molecule has 2 aromatic rings. The van der Waals surface area contributed by atoms with Gasteiger partial charge in [-0.05, 0) is 103 Å². The van der Waals surface area contributed by atoms with Gasteiger partial charge in [-0.15, -0.1) is 0 Å². The standard InChI is InChI=1S/C31H49NP2/c1-21(2)28-13-11-12-14-29(28)32(33-30(7,8)26-17-15-22(3)24(5)19-26)34-31(9,10)27-18-16-23(4)25(6)20-27/h15-21,28-29,33-34H,11-14H2,1-10H3. The van der Waals surface area contributed by atoms with Crippen LogP contribution < -0.4 is 0 Å². The van der Waals surface area contributed by atoms with Crippen LogP contribution in [0, 0.1) is 39.5 Å². The second-order valence-electron chi connectivity index (χ2n) is 12.2. The molecule has 0 radical (unpaired) electrons. The topological polar surface area (TPSA) is 3.24 Å². The van der Waals surface area contributed by atoms with Crippen molar-refractivity contribution in [3.05, 3.63) is 69.8 Å². The summed E-state index contributed by atoms with van der Waals surface area (Å²) in [7, 11) is 1.58. The normalized spacial score (nSPS) is 20.5. The molecule has 0 aliphatic heterocycles. The van der Waals surface area contributed by atoms with E-state index in [4.69, 9.17) is 0 Å². The van der Waals surface area contributed by atoms with Crippen molar-refractivity contribution < 1.29 is 0 Å². The van der Waals surface area contributed by atoms with Gasteiger partial charge in [0, 0.05) is 16.4 Å². The summed E-state index contributed by atoms with van der Waals surface area (Å²) in [5.74, 6) is 1.55. The lowest BCUT2D eigenvalue weighted by molar-refractivity contribution is 0.189. The average molecular weight is 498 g/mol. The molecule has 0 spiro atoms. The van der Waals surface area contributed by atoms with E-state index < -0.39 is 0 Å². The number of aryl methyl sites for hydroxylation is 4. The summed E-state index contributed by atoms with van der Waals surface area (Å²) in [4.78, 5) is 0. The summed E-state index contributed by atoms with van der Waals surface area (Å²) < 4.78 is 2.97. The molecule has 0 heterocycles. The lowest BCUT2D eigenvalue weighted by Gasteiger charge is -2.47. The number of benzene rings is 2. The van der Waals surface area contributed by atoms with Crippen molar-refractivity contribution in [2.45, 2.75) is 111 Å². The first-order chi connectivity index (χ1) is 15.8. The summed E-state index contributed by atoms with van der Waals surface area (Å²) in [6, 6.07) is 15.0. The molecule has 0 aromatic heterocycles. The Morgan fingerprint density at radius 3 is 1.56 bits per heavy atom. The molecule has 1 nitrogen and oxygen atoms in total. The van der Waals surface area contributed by atoms with Crippen LogP contribution in [-0.4, -0.2) is 10.5 Å². The molecular formula is C31H49NP2. The Morgan fingerprint density at radius 2 is 1.15 bits per heavy atom. The number of nitrogens with zero attached hydrogens (tertiary/aromatic N) is 1. The molecule has 0 bridgehead atoms. The quantitative estimate of drug-likeness (QED) is 0.328. The minimum atomic E-state index is 0.143. The van der Waals surface area contributed by atoms with E-state index in [1.165, 1.54) is 59.1 Å².